The standard InChI is InChI=1S/C12H21N5/c1-3-5-10-15-11(14-9-6-4-7-9)8(2)12(16-10)17-13/h9H,3-7,13H2,1-2H3,(H2,14,15,16,17). The number of hydrogen-bond donors (Lipinski definition) is 3. The van der Waals surface area contributed by atoms with Gasteiger partial charge in [-0.15, -0.1) is 0 Å². The molecule has 1 saturated carbocycles. The number of rotatable bonds is 5. The SMILES string of the molecule is CCCc1nc(NN)c(C)c(NC2CCC2)n1. The van der Waals surface area contributed by atoms with Crippen molar-refractivity contribution in [2.75, 3.05) is 10.7 Å². The van der Waals surface area contributed by atoms with Crippen molar-refractivity contribution < 1.29 is 0 Å². The predicted molar refractivity (Wildman–Crippen MR) is 69.8 cm³/mol. The fourth-order valence-electron chi connectivity index (χ4n) is 1.93. The normalized spacial score (nSPS) is 15.5. The van der Waals surface area contributed by atoms with Gasteiger partial charge in [-0.1, -0.05) is 6.92 Å². The highest BCUT2D eigenvalue weighted by Gasteiger charge is 2.19. The molecule has 1 aliphatic carbocycles. The first kappa shape index (κ1) is 12.1. The van der Waals surface area contributed by atoms with Gasteiger partial charge >= 0.3 is 0 Å². The van der Waals surface area contributed by atoms with E-state index in [2.05, 4.69) is 27.6 Å². The van der Waals surface area contributed by atoms with Crippen molar-refractivity contribution in [3.63, 3.8) is 0 Å². The van der Waals surface area contributed by atoms with Crippen molar-refractivity contribution in [1.29, 1.82) is 0 Å². The van der Waals surface area contributed by atoms with E-state index in [4.69, 9.17) is 5.84 Å². The number of nitrogen functional groups attached to an aromatic ring is 1. The van der Waals surface area contributed by atoms with Crippen molar-refractivity contribution in [2.24, 2.45) is 5.84 Å². The van der Waals surface area contributed by atoms with Crippen molar-refractivity contribution in [3.8, 4) is 0 Å². The molecule has 4 N–H and O–H groups in total. The highest BCUT2D eigenvalue weighted by atomic mass is 15.3. The number of aryl methyl sites for hydroxylation is 1. The summed E-state index contributed by atoms with van der Waals surface area (Å²) in [6, 6.07) is 0.573. The van der Waals surface area contributed by atoms with Crippen LogP contribution in [0.1, 0.15) is 44.0 Å². The molecule has 0 aliphatic heterocycles. The summed E-state index contributed by atoms with van der Waals surface area (Å²) in [7, 11) is 0. The molecule has 1 aromatic heterocycles. The molecule has 0 unspecified atom stereocenters. The lowest BCUT2D eigenvalue weighted by Gasteiger charge is -2.28. The summed E-state index contributed by atoms with van der Waals surface area (Å²) in [6.45, 7) is 4.11. The first-order valence-electron chi connectivity index (χ1n) is 6.35. The molecule has 17 heavy (non-hydrogen) atoms. The fraction of sp³-hybridized carbons (Fsp3) is 0.667. The zero-order chi connectivity index (χ0) is 12.3. The van der Waals surface area contributed by atoms with Gasteiger partial charge in [-0.05, 0) is 32.6 Å². The van der Waals surface area contributed by atoms with Crippen LogP contribution >= 0.6 is 0 Å². The molecule has 1 aliphatic rings. The predicted octanol–water partition coefficient (Wildman–Crippen LogP) is 1.99. The van der Waals surface area contributed by atoms with Crippen LogP contribution in [0.2, 0.25) is 0 Å². The largest absolute Gasteiger partial charge is 0.367 e. The molecule has 0 atom stereocenters. The smallest absolute Gasteiger partial charge is 0.148 e. The molecule has 0 bridgehead atoms. The summed E-state index contributed by atoms with van der Waals surface area (Å²) in [5, 5.41) is 3.47. The molecule has 1 heterocycles. The quantitative estimate of drug-likeness (QED) is 0.537. The van der Waals surface area contributed by atoms with Crippen molar-refractivity contribution >= 4 is 11.6 Å². The summed E-state index contributed by atoms with van der Waals surface area (Å²) in [5.74, 6) is 8.01. The molecular weight excluding hydrogens is 214 g/mol. The Morgan fingerprint density at radius 3 is 2.53 bits per heavy atom. The first-order valence-corrected chi connectivity index (χ1v) is 6.35. The molecule has 1 aromatic rings. The van der Waals surface area contributed by atoms with Crippen LogP contribution in [0.4, 0.5) is 11.6 Å². The zero-order valence-corrected chi connectivity index (χ0v) is 10.6. The Balaban J connectivity index is 2.23. The minimum atomic E-state index is 0.573. The van der Waals surface area contributed by atoms with E-state index in [1.165, 1.54) is 19.3 Å². The summed E-state index contributed by atoms with van der Waals surface area (Å²) in [5.41, 5.74) is 3.65. The lowest BCUT2D eigenvalue weighted by molar-refractivity contribution is 0.444. The third-order valence-electron chi connectivity index (χ3n) is 3.25. The van der Waals surface area contributed by atoms with Crippen molar-refractivity contribution in [2.45, 2.75) is 52.0 Å². The molecule has 5 heteroatoms. The Labute approximate surface area is 102 Å². The lowest BCUT2D eigenvalue weighted by Crippen LogP contribution is -2.28. The van der Waals surface area contributed by atoms with E-state index in [-0.39, 0.29) is 0 Å². The van der Waals surface area contributed by atoms with Gasteiger partial charge in [-0.3, -0.25) is 0 Å². The van der Waals surface area contributed by atoms with Crippen molar-refractivity contribution in [3.05, 3.63) is 11.4 Å². The molecule has 94 valence electrons. The third-order valence-corrected chi connectivity index (χ3v) is 3.25. The zero-order valence-electron chi connectivity index (χ0n) is 10.6. The molecule has 5 nitrogen and oxygen atoms in total. The molecule has 0 saturated heterocycles. The number of hydrogen-bond acceptors (Lipinski definition) is 5. The highest BCUT2D eigenvalue weighted by molar-refractivity contribution is 5.57. The minimum Gasteiger partial charge on any atom is -0.367 e. The lowest BCUT2D eigenvalue weighted by atomic mass is 9.93. The van der Waals surface area contributed by atoms with Crippen LogP contribution in [-0.2, 0) is 6.42 Å². The average molecular weight is 235 g/mol. The Kier molecular flexibility index (Phi) is 3.78. The van der Waals surface area contributed by atoms with Crippen LogP contribution in [0.15, 0.2) is 0 Å². The molecule has 0 aromatic carbocycles. The van der Waals surface area contributed by atoms with Gasteiger partial charge in [0.15, 0.2) is 0 Å². The highest BCUT2D eigenvalue weighted by Crippen LogP contribution is 2.26. The van der Waals surface area contributed by atoms with Gasteiger partial charge in [0.2, 0.25) is 0 Å². The molecule has 0 spiro atoms. The van der Waals surface area contributed by atoms with E-state index in [0.29, 0.717) is 6.04 Å². The van der Waals surface area contributed by atoms with Gasteiger partial charge in [0.1, 0.15) is 17.5 Å². The number of hydrazine groups is 1. The van der Waals surface area contributed by atoms with Crippen LogP contribution in [-0.4, -0.2) is 16.0 Å². The van der Waals surface area contributed by atoms with Crippen LogP contribution in [0.25, 0.3) is 0 Å². The topological polar surface area (TPSA) is 75.9 Å². The number of aromatic nitrogens is 2. The number of anilines is 2. The van der Waals surface area contributed by atoms with Gasteiger partial charge < -0.3 is 10.7 Å². The maximum atomic E-state index is 5.49. The molecule has 0 amide bonds. The van der Waals surface area contributed by atoms with Gasteiger partial charge in [-0.2, -0.15) is 0 Å². The van der Waals surface area contributed by atoms with Gasteiger partial charge in [-0.25, -0.2) is 15.8 Å². The molecular formula is C12H21N5. The van der Waals surface area contributed by atoms with Crippen LogP contribution in [0, 0.1) is 6.92 Å². The Hall–Kier alpha value is -1.36. The monoisotopic (exact) mass is 235 g/mol. The Bertz CT molecular complexity index is 387. The van der Waals surface area contributed by atoms with E-state index < -0.39 is 0 Å². The minimum absolute atomic E-state index is 0.573. The summed E-state index contributed by atoms with van der Waals surface area (Å²) >= 11 is 0. The second-order valence-electron chi connectivity index (χ2n) is 4.63. The maximum absolute atomic E-state index is 5.49. The van der Waals surface area contributed by atoms with E-state index >= 15 is 0 Å². The maximum Gasteiger partial charge on any atom is 0.148 e. The van der Waals surface area contributed by atoms with Crippen LogP contribution in [0.5, 0.6) is 0 Å². The van der Waals surface area contributed by atoms with Crippen LogP contribution in [0.3, 0.4) is 0 Å². The number of nitrogens with one attached hydrogen (secondary N) is 2. The second kappa shape index (κ2) is 5.31. The molecule has 2 rings (SSSR count). The van der Waals surface area contributed by atoms with Gasteiger partial charge in [0.05, 0.1) is 0 Å². The Morgan fingerprint density at radius 1 is 1.29 bits per heavy atom. The van der Waals surface area contributed by atoms with E-state index in [1.54, 1.807) is 0 Å². The second-order valence-corrected chi connectivity index (χ2v) is 4.63. The third kappa shape index (κ3) is 2.66. The fourth-order valence-corrected chi connectivity index (χ4v) is 1.93. The van der Waals surface area contributed by atoms with Gasteiger partial charge in [0.25, 0.3) is 0 Å². The van der Waals surface area contributed by atoms with E-state index in [9.17, 15) is 0 Å². The number of nitrogens with two attached hydrogens (primary N) is 1. The van der Waals surface area contributed by atoms with E-state index in [0.717, 1.165) is 35.9 Å². The molecule has 0 radical (unpaired) electrons. The first-order chi connectivity index (χ1) is 8.24. The summed E-state index contributed by atoms with van der Waals surface area (Å²) in [4.78, 5) is 8.98. The Morgan fingerprint density at radius 2 is 2.00 bits per heavy atom. The van der Waals surface area contributed by atoms with E-state index in [1.807, 2.05) is 6.92 Å². The number of nitrogens with zero attached hydrogens (tertiary/aromatic N) is 2. The molecule has 1 fully saturated rings. The summed E-state index contributed by atoms with van der Waals surface area (Å²) < 4.78 is 0. The van der Waals surface area contributed by atoms with Crippen LogP contribution < -0.4 is 16.6 Å². The van der Waals surface area contributed by atoms with Crippen molar-refractivity contribution in [1.82, 2.24) is 9.97 Å². The van der Waals surface area contributed by atoms with Gasteiger partial charge in [0, 0.05) is 18.0 Å². The average Bonchev–Trinajstić information content (AvgIpc) is 2.27. The summed E-state index contributed by atoms with van der Waals surface area (Å²) in [6.07, 6.45) is 5.70.